The van der Waals surface area contributed by atoms with Gasteiger partial charge >= 0.3 is 5.97 Å². The van der Waals surface area contributed by atoms with Crippen LogP contribution in [0.3, 0.4) is 0 Å². The number of benzene rings is 1. The van der Waals surface area contributed by atoms with Crippen LogP contribution in [0.25, 0.3) is 0 Å². The highest BCUT2D eigenvalue weighted by molar-refractivity contribution is 7.05. The minimum absolute atomic E-state index is 0.229. The first-order valence-electron chi connectivity index (χ1n) is 6.44. The summed E-state index contributed by atoms with van der Waals surface area (Å²) in [6.45, 7) is 0. The predicted octanol–water partition coefficient (Wildman–Crippen LogP) is 2.97. The van der Waals surface area contributed by atoms with Gasteiger partial charge in [0.25, 0.3) is 0 Å². The third-order valence-electron chi connectivity index (χ3n) is 3.32. The maximum absolute atomic E-state index is 13.2. The van der Waals surface area contributed by atoms with E-state index in [1.807, 2.05) is 0 Å². The van der Waals surface area contributed by atoms with E-state index >= 15 is 0 Å². The number of rotatable bonds is 5. The maximum atomic E-state index is 13.2. The van der Waals surface area contributed by atoms with E-state index in [-0.39, 0.29) is 12.2 Å². The Morgan fingerprint density at radius 3 is 2.95 bits per heavy atom. The highest BCUT2D eigenvalue weighted by Crippen LogP contribution is 2.39. The Morgan fingerprint density at radius 2 is 2.30 bits per heavy atom. The number of aromatic nitrogens is 2. The van der Waals surface area contributed by atoms with E-state index in [0.717, 1.165) is 30.2 Å². The van der Waals surface area contributed by atoms with Crippen LogP contribution < -0.4 is 0 Å². The zero-order chi connectivity index (χ0) is 14.1. The fourth-order valence-corrected chi connectivity index (χ4v) is 2.90. The summed E-state index contributed by atoms with van der Waals surface area (Å²) < 4.78 is 17.4. The van der Waals surface area contributed by atoms with Crippen LogP contribution in [0.4, 0.5) is 4.39 Å². The fraction of sp³-hybridized carbons (Fsp3) is 0.357. The molecule has 0 radical (unpaired) electrons. The van der Waals surface area contributed by atoms with Gasteiger partial charge in [-0.2, -0.15) is 4.37 Å². The van der Waals surface area contributed by atoms with Gasteiger partial charge < -0.3 is 5.11 Å². The highest BCUT2D eigenvalue weighted by atomic mass is 32.1. The molecule has 0 saturated heterocycles. The molecular weight excluding hydrogens is 279 g/mol. The quantitative estimate of drug-likeness (QED) is 0.920. The van der Waals surface area contributed by atoms with Crippen molar-refractivity contribution < 1.29 is 14.3 Å². The van der Waals surface area contributed by atoms with Crippen molar-refractivity contribution in [3.63, 3.8) is 0 Å². The molecule has 0 spiro atoms. The topological polar surface area (TPSA) is 63.1 Å². The van der Waals surface area contributed by atoms with Gasteiger partial charge in [-0.25, -0.2) is 9.37 Å². The molecule has 0 aliphatic heterocycles. The minimum Gasteiger partial charge on any atom is -0.481 e. The molecule has 1 unspecified atom stereocenters. The summed E-state index contributed by atoms with van der Waals surface area (Å²) in [5, 5.41) is 9.87. The van der Waals surface area contributed by atoms with E-state index < -0.39 is 11.9 Å². The molecule has 1 saturated carbocycles. The minimum atomic E-state index is -0.951. The van der Waals surface area contributed by atoms with Crippen molar-refractivity contribution in [1.82, 2.24) is 9.36 Å². The lowest BCUT2D eigenvalue weighted by molar-refractivity contribution is -0.138. The molecule has 20 heavy (non-hydrogen) atoms. The summed E-state index contributed by atoms with van der Waals surface area (Å²) in [6.07, 6.45) is 2.39. The molecule has 4 nitrogen and oxygen atoms in total. The molecule has 104 valence electrons. The van der Waals surface area contributed by atoms with Gasteiger partial charge in [0.2, 0.25) is 0 Å². The lowest BCUT2D eigenvalue weighted by atomic mass is 10.00. The summed E-state index contributed by atoms with van der Waals surface area (Å²) in [7, 11) is 0. The van der Waals surface area contributed by atoms with Crippen molar-refractivity contribution in [3.8, 4) is 0 Å². The Labute approximate surface area is 119 Å². The molecule has 1 aromatic heterocycles. The summed E-state index contributed by atoms with van der Waals surface area (Å²) in [6, 6.07) is 6.01. The molecular formula is C14H13FN2O2S. The Kier molecular flexibility index (Phi) is 3.48. The average Bonchev–Trinajstić information content (AvgIpc) is 3.14. The lowest BCUT2D eigenvalue weighted by Gasteiger charge is -2.08. The predicted molar refractivity (Wildman–Crippen MR) is 72.4 cm³/mol. The van der Waals surface area contributed by atoms with Crippen LogP contribution >= 0.6 is 11.5 Å². The van der Waals surface area contributed by atoms with E-state index in [4.69, 9.17) is 0 Å². The smallest absolute Gasteiger partial charge is 0.313 e. The van der Waals surface area contributed by atoms with Gasteiger partial charge in [0.15, 0.2) is 0 Å². The number of carboxylic acids is 1. The normalized spacial score (nSPS) is 16.1. The second-order valence-corrected chi connectivity index (χ2v) is 5.77. The van der Waals surface area contributed by atoms with E-state index in [1.54, 1.807) is 12.1 Å². The molecule has 1 fully saturated rings. The molecule has 0 amide bonds. The van der Waals surface area contributed by atoms with Gasteiger partial charge in [-0.05, 0) is 48.5 Å². The fourth-order valence-electron chi connectivity index (χ4n) is 2.08. The number of nitrogens with zero attached hydrogens (tertiary/aromatic N) is 2. The van der Waals surface area contributed by atoms with Crippen molar-refractivity contribution in [1.29, 1.82) is 0 Å². The first-order chi connectivity index (χ1) is 9.63. The van der Waals surface area contributed by atoms with Crippen LogP contribution in [-0.2, 0) is 11.2 Å². The van der Waals surface area contributed by atoms with Crippen LogP contribution in [0, 0.1) is 5.82 Å². The summed E-state index contributed by atoms with van der Waals surface area (Å²) in [5.74, 6) is -0.906. The first kappa shape index (κ1) is 13.2. The van der Waals surface area contributed by atoms with Crippen molar-refractivity contribution in [2.24, 2.45) is 0 Å². The highest BCUT2D eigenvalue weighted by Gasteiger charge is 2.31. The van der Waals surface area contributed by atoms with Gasteiger partial charge in [0, 0.05) is 5.92 Å². The number of hydrogen-bond acceptors (Lipinski definition) is 4. The molecule has 1 aromatic carbocycles. The zero-order valence-electron chi connectivity index (χ0n) is 10.6. The van der Waals surface area contributed by atoms with Crippen LogP contribution in [0.5, 0.6) is 0 Å². The molecule has 0 bridgehead atoms. The lowest BCUT2D eigenvalue weighted by Crippen LogP contribution is -2.14. The molecule has 1 atom stereocenters. The molecule has 1 aliphatic carbocycles. The number of aliphatic carboxylic acids is 1. The van der Waals surface area contributed by atoms with E-state index in [1.165, 1.54) is 12.1 Å². The Hall–Kier alpha value is -1.82. The third kappa shape index (κ3) is 2.85. The number of carboxylic acid groups (broad SMARTS) is 1. The standard InChI is InChI=1S/C14H13FN2O2S/c15-10-3-1-2-8(6-10)7-11(14(18)19)13-16-12(17-20-13)9-4-5-9/h1-3,6,9,11H,4-5,7H2,(H,18,19). The van der Waals surface area contributed by atoms with Crippen LogP contribution in [0.2, 0.25) is 0 Å². The van der Waals surface area contributed by atoms with Crippen LogP contribution in [0.15, 0.2) is 24.3 Å². The van der Waals surface area contributed by atoms with E-state index in [2.05, 4.69) is 9.36 Å². The van der Waals surface area contributed by atoms with Crippen molar-refractivity contribution in [2.75, 3.05) is 0 Å². The Balaban J connectivity index is 1.82. The molecule has 2 aromatic rings. The second-order valence-electron chi connectivity index (χ2n) is 4.99. The Morgan fingerprint density at radius 1 is 1.50 bits per heavy atom. The molecule has 3 rings (SSSR count). The number of carbonyl (C=O) groups is 1. The van der Waals surface area contributed by atoms with Gasteiger partial charge in [0.1, 0.15) is 22.6 Å². The monoisotopic (exact) mass is 292 g/mol. The zero-order valence-corrected chi connectivity index (χ0v) is 11.4. The van der Waals surface area contributed by atoms with Gasteiger partial charge in [-0.1, -0.05) is 12.1 Å². The van der Waals surface area contributed by atoms with Gasteiger partial charge in [0.05, 0.1) is 0 Å². The van der Waals surface area contributed by atoms with Gasteiger partial charge in [-0.3, -0.25) is 4.79 Å². The van der Waals surface area contributed by atoms with Crippen molar-refractivity contribution in [3.05, 3.63) is 46.5 Å². The first-order valence-corrected chi connectivity index (χ1v) is 7.21. The Bertz CT molecular complexity index is 640. The average molecular weight is 292 g/mol. The number of halogens is 1. The second kappa shape index (κ2) is 5.28. The van der Waals surface area contributed by atoms with Crippen LogP contribution in [-0.4, -0.2) is 20.4 Å². The third-order valence-corrected chi connectivity index (χ3v) is 4.17. The van der Waals surface area contributed by atoms with Crippen molar-refractivity contribution in [2.45, 2.75) is 31.1 Å². The number of hydrogen-bond donors (Lipinski definition) is 1. The maximum Gasteiger partial charge on any atom is 0.313 e. The van der Waals surface area contributed by atoms with Crippen molar-refractivity contribution >= 4 is 17.5 Å². The summed E-state index contributed by atoms with van der Waals surface area (Å²) in [5.41, 5.74) is 0.653. The molecule has 1 heterocycles. The largest absolute Gasteiger partial charge is 0.481 e. The SMILES string of the molecule is O=C(O)C(Cc1cccc(F)c1)c1nc(C2CC2)ns1. The summed E-state index contributed by atoms with van der Waals surface area (Å²) >= 11 is 1.14. The van der Waals surface area contributed by atoms with E-state index in [9.17, 15) is 14.3 Å². The van der Waals surface area contributed by atoms with Crippen LogP contribution in [0.1, 0.15) is 41.1 Å². The summed E-state index contributed by atoms with van der Waals surface area (Å²) in [4.78, 5) is 15.8. The molecule has 1 N–H and O–H groups in total. The van der Waals surface area contributed by atoms with E-state index in [0.29, 0.717) is 16.5 Å². The molecule has 1 aliphatic rings. The van der Waals surface area contributed by atoms with Gasteiger partial charge in [-0.15, -0.1) is 0 Å². The molecule has 6 heteroatoms.